The topological polar surface area (TPSA) is 81.4 Å². The van der Waals surface area contributed by atoms with E-state index >= 15 is 0 Å². The van der Waals surface area contributed by atoms with Gasteiger partial charge in [0.25, 0.3) is 0 Å². The number of hydrogen-bond donors (Lipinski definition) is 1. The molecule has 7 nitrogen and oxygen atoms in total. The summed E-state index contributed by atoms with van der Waals surface area (Å²) >= 11 is 0. The second-order valence-electron chi connectivity index (χ2n) is 5.84. The third kappa shape index (κ3) is 8.50. The first-order valence-electron chi connectivity index (χ1n) is 8.53. The minimum absolute atomic E-state index is 0.220. The maximum atomic E-state index is 6.20. The zero-order valence-corrected chi connectivity index (χ0v) is 18.3. The van der Waals surface area contributed by atoms with Gasteiger partial charge in [0.2, 0.25) is 0 Å². The van der Waals surface area contributed by atoms with Crippen molar-refractivity contribution in [3.63, 3.8) is 0 Å². The first kappa shape index (κ1) is 24.2. The molecule has 2 N–H and O–H groups in total. The van der Waals surface area contributed by atoms with Gasteiger partial charge in [-0.05, 0) is 25.7 Å². The third-order valence-corrected chi connectivity index (χ3v) is 10.1. The van der Waals surface area contributed by atoms with Crippen LogP contribution in [-0.4, -0.2) is 66.3 Å². The Balaban J connectivity index is 3.86. The van der Waals surface area contributed by atoms with Crippen LogP contribution in [0.1, 0.15) is 38.5 Å². The van der Waals surface area contributed by atoms with Crippen LogP contribution in [0.25, 0.3) is 0 Å². The van der Waals surface area contributed by atoms with Crippen LogP contribution in [0.2, 0.25) is 12.1 Å². The van der Waals surface area contributed by atoms with Gasteiger partial charge in [0.15, 0.2) is 0 Å². The smallest absolute Gasteiger partial charge is 0.377 e. The van der Waals surface area contributed by atoms with Gasteiger partial charge in [-0.2, -0.15) is 0 Å². The van der Waals surface area contributed by atoms with Crippen molar-refractivity contribution < 1.29 is 26.6 Å². The Hall–Kier alpha value is 0.154. The second kappa shape index (κ2) is 13.4. The fraction of sp³-hybridized carbons (Fsp3) is 1.00. The lowest BCUT2D eigenvalue weighted by atomic mass is 10.1. The minimum Gasteiger partial charge on any atom is -0.377 e. The molecule has 0 aliphatic carbocycles. The van der Waals surface area contributed by atoms with Gasteiger partial charge in [-0.3, -0.25) is 0 Å². The fourth-order valence-corrected chi connectivity index (χ4v) is 6.34. The predicted molar refractivity (Wildman–Crippen MR) is 98.9 cm³/mol. The Morgan fingerprint density at radius 3 is 1.12 bits per heavy atom. The molecular formula is C15H37NO6Si2. The van der Waals surface area contributed by atoms with Crippen molar-refractivity contribution >= 4 is 17.6 Å². The molecule has 146 valence electrons. The maximum absolute atomic E-state index is 6.20. The van der Waals surface area contributed by atoms with E-state index in [1.807, 2.05) is 0 Å². The number of rotatable bonds is 16. The standard InChI is InChI=1S/C15H37NO6Si2/c1-17-23(18-2,19-3)13-9-7-11-15(16)12-8-10-14-24(20-4,21-5)22-6/h15H,7-14,16H2,1-6H3. The number of unbranched alkanes of at least 4 members (excludes halogenated alkanes) is 2. The minimum atomic E-state index is -2.43. The van der Waals surface area contributed by atoms with Crippen LogP contribution in [0.15, 0.2) is 0 Å². The van der Waals surface area contributed by atoms with Crippen molar-refractivity contribution in [1.29, 1.82) is 0 Å². The first-order valence-corrected chi connectivity index (χ1v) is 12.4. The van der Waals surface area contributed by atoms with E-state index in [0.717, 1.165) is 50.6 Å². The lowest BCUT2D eigenvalue weighted by Crippen LogP contribution is -2.42. The van der Waals surface area contributed by atoms with Crippen LogP contribution in [-0.2, 0) is 26.6 Å². The summed E-state index contributed by atoms with van der Waals surface area (Å²) in [5.74, 6) is 0. The summed E-state index contributed by atoms with van der Waals surface area (Å²) in [7, 11) is 5.02. The van der Waals surface area contributed by atoms with Crippen LogP contribution in [0.4, 0.5) is 0 Å². The predicted octanol–water partition coefficient (Wildman–Crippen LogP) is 2.41. The van der Waals surface area contributed by atoms with E-state index in [4.69, 9.17) is 32.3 Å². The molecule has 9 heteroatoms. The molecule has 0 spiro atoms. The van der Waals surface area contributed by atoms with Crippen LogP contribution < -0.4 is 5.73 Å². The molecule has 24 heavy (non-hydrogen) atoms. The molecule has 0 amide bonds. The van der Waals surface area contributed by atoms with Gasteiger partial charge in [-0.25, -0.2) is 0 Å². The zero-order valence-electron chi connectivity index (χ0n) is 16.3. The summed E-state index contributed by atoms with van der Waals surface area (Å²) in [6, 6.07) is 1.87. The SMILES string of the molecule is CO[Si](CCCCC(N)CCCC[Si](OC)(OC)OC)(OC)OC. The molecule has 0 atom stereocenters. The maximum Gasteiger partial charge on any atom is 0.500 e. The third-order valence-electron chi connectivity index (χ3n) is 4.48. The Bertz CT molecular complexity index is 259. The molecule has 0 saturated carbocycles. The summed E-state index contributed by atoms with van der Waals surface area (Å²) in [5, 5.41) is 0. The molecule has 0 aromatic carbocycles. The summed E-state index contributed by atoms with van der Waals surface area (Å²) in [6.07, 6.45) is 6.12. The fourth-order valence-electron chi connectivity index (χ4n) is 2.75. The van der Waals surface area contributed by atoms with E-state index in [-0.39, 0.29) is 6.04 Å². The molecule has 0 radical (unpaired) electrons. The van der Waals surface area contributed by atoms with Gasteiger partial charge in [-0.1, -0.05) is 12.8 Å². The Kier molecular flexibility index (Phi) is 13.5. The van der Waals surface area contributed by atoms with E-state index in [0.29, 0.717) is 0 Å². The Morgan fingerprint density at radius 2 is 0.875 bits per heavy atom. The molecule has 0 aliphatic heterocycles. The van der Waals surface area contributed by atoms with Crippen molar-refractivity contribution in [2.45, 2.75) is 56.7 Å². The summed E-state index contributed by atoms with van der Waals surface area (Å²) in [4.78, 5) is 0. The quantitative estimate of drug-likeness (QED) is 0.324. The van der Waals surface area contributed by atoms with Crippen LogP contribution in [0.5, 0.6) is 0 Å². The van der Waals surface area contributed by atoms with Crippen LogP contribution in [0, 0.1) is 0 Å². The van der Waals surface area contributed by atoms with E-state index in [2.05, 4.69) is 0 Å². The van der Waals surface area contributed by atoms with E-state index in [1.54, 1.807) is 42.7 Å². The van der Waals surface area contributed by atoms with Crippen molar-refractivity contribution in [1.82, 2.24) is 0 Å². The lowest BCUT2D eigenvalue weighted by Gasteiger charge is -2.24. The largest absolute Gasteiger partial charge is 0.500 e. The Labute approximate surface area is 149 Å². The lowest BCUT2D eigenvalue weighted by molar-refractivity contribution is 0.122. The van der Waals surface area contributed by atoms with Crippen molar-refractivity contribution in [2.24, 2.45) is 5.73 Å². The summed E-state index contributed by atoms with van der Waals surface area (Å²) < 4.78 is 32.5. The highest BCUT2D eigenvalue weighted by Gasteiger charge is 2.37. The van der Waals surface area contributed by atoms with Gasteiger partial charge in [0.05, 0.1) is 0 Å². The molecule has 0 aromatic heterocycles. The molecule has 0 unspecified atom stereocenters. The molecule has 0 bridgehead atoms. The average Bonchev–Trinajstić information content (AvgIpc) is 2.63. The van der Waals surface area contributed by atoms with Crippen molar-refractivity contribution in [3.05, 3.63) is 0 Å². The first-order chi connectivity index (χ1) is 11.5. The van der Waals surface area contributed by atoms with Crippen LogP contribution in [0.3, 0.4) is 0 Å². The monoisotopic (exact) mass is 383 g/mol. The zero-order chi connectivity index (χ0) is 18.5. The molecule has 0 aromatic rings. The van der Waals surface area contributed by atoms with Gasteiger partial charge in [0.1, 0.15) is 0 Å². The summed E-state index contributed by atoms with van der Waals surface area (Å²) in [6.45, 7) is 0. The summed E-state index contributed by atoms with van der Waals surface area (Å²) in [5.41, 5.74) is 6.20. The second-order valence-corrected chi connectivity index (χ2v) is 12.0. The van der Waals surface area contributed by atoms with Crippen LogP contribution >= 0.6 is 0 Å². The number of nitrogens with two attached hydrogens (primary N) is 1. The highest BCUT2D eigenvalue weighted by Crippen LogP contribution is 2.20. The Morgan fingerprint density at radius 1 is 0.583 bits per heavy atom. The van der Waals surface area contributed by atoms with Gasteiger partial charge in [0, 0.05) is 60.8 Å². The molecule has 0 rings (SSSR count). The van der Waals surface area contributed by atoms with Gasteiger partial charge >= 0.3 is 17.6 Å². The molecule has 0 fully saturated rings. The molecule has 0 saturated heterocycles. The van der Waals surface area contributed by atoms with E-state index < -0.39 is 17.6 Å². The van der Waals surface area contributed by atoms with Gasteiger partial charge < -0.3 is 32.3 Å². The normalized spacial score (nSPS) is 13.0. The number of hydrogen-bond acceptors (Lipinski definition) is 7. The van der Waals surface area contributed by atoms with Crippen molar-refractivity contribution in [2.75, 3.05) is 42.7 Å². The average molecular weight is 384 g/mol. The van der Waals surface area contributed by atoms with Crippen molar-refractivity contribution in [3.8, 4) is 0 Å². The van der Waals surface area contributed by atoms with E-state index in [9.17, 15) is 0 Å². The highest BCUT2D eigenvalue weighted by molar-refractivity contribution is 6.60. The van der Waals surface area contributed by atoms with Gasteiger partial charge in [-0.15, -0.1) is 0 Å². The molecule has 0 heterocycles. The molecular weight excluding hydrogens is 346 g/mol. The highest BCUT2D eigenvalue weighted by atomic mass is 28.4. The molecule has 0 aliphatic rings. The van der Waals surface area contributed by atoms with E-state index in [1.165, 1.54) is 0 Å².